The Morgan fingerprint density at radius 2 is 1.78 bits per heavy atom. The van der Waals surface area contributed by atoms with Gasteiger partial charge in [0.05, 0.1) is 7.11 Å². The first kappa shape index (κ1) is 24.7. The van der Waals surface area contributed by atoms with Crippen LogP contribution in [0.15, 0.2) is 66.3 Å². The molecule has 1 aliphatic carbocycles. The molecule has 0 radical (unpaired) electrons. The zero-order valence-electron chi connectivity index (χ0n) is 21.3. The van der Waals surface area contributed by atoms with Crippen LogP contribution >= 0.6 is 0 Å². The van der Waals surface area contributed by atoms with Crippen molar-refractivity contribution < 1.29 is 18.3 Å². The Bertz CT molecular complexity index is 1380. The maximum Gasteiger partial charge on any atom is 0.276 e. The van der Waals surface area contributed by atoms with Crippen molar-refractivity contribution in [3.8, 4) is 16.9 Å². The SMILES string of the molecule is COc1ccc(C2NC(C)=C(C(=O)Nc3cccc(C(F)(F)C4CC4)c3)N2)cc1-c1c(C)cncc1C. The predicted octanol–water partition coefficient (Wildman–Crippen LogP) is 5.94. The fraction of sp³-hybridized carbons (Fsp3) is 0.310. The molecule has 0 bridgehead atoms. The number of anilines is 1. The molecule has 1 saturated carbocycles. The molecule has 0 saturated heterocycles. The summed E-state index contributed by atoms with van der Waals surface area (Å²) in [5, 5.41) is 9.35. The Labute approximate surface area is 215 Å². The van der Waals surface area contributed by atoms with E-state index in [0.717, 1.165) is 33.6 Å². The van der Waals surface area contributed by atoms with Crippen LogP contribution in [0, 0.1) is 19.8 Å². The molecular formula is C29H30F2N4O2. The van der Waals surface area contributed by atoms with Gasteiger partial charge in [-0.25, -0.2) is 8.78 Å². The third-order valence-electron chi connectivity index (χ3n) is 7.00. The number of nitrogens with one attached hydrogen (secondary N) is 3. The lowest BCUT2D eigenvalue weighted by Gasteiger charge is -2.19. The van der Waals surface area contributed by atoms with Crippen molar-refractivity contribution >= 4 is 11.6 Å². The summed E-state index contributed by atoms with van der Waals surface area (Å²) in [4.78, 5) is 17.4. The zero-order valence-corrected chi connectivity index (χ0v) is 21.3. The Morgan fingerprint density at radius 3 is 2.46 bits per heavy atom. The number of pyridine rings is 1. The molecule has 1 unspecified atom stereocenters. The monoisotopic (exact) mass is 504 g/mol. The number of methoxy groups -OCH3 is 1. The minimum atomic E-state index is -2.88. The molecule has 192 valence electrons. The van der Waals surface area contributed by atoms with Crippen molar-refractivity contribution in [3.05, 3.63) is 88.5 Å². The average Bonchev–Trinajstić information content (AvgIpc) is 3.66. The van der Waals surface area contributed by atoms with Crippen LogP contribution in [0.5, 0.6) is 5.75 Å². The number of allylic oxidation sites excluding steroid dienone is 1. The molecule has 1 amide bonds. The molecule has 1 atom stereocenters. The molecular weight excluding hydrogens is 474 g/mol. The first-order valence-electron chi connectivity index (χ1n) is 12.3. The van der Waals surface area contributed by atoms with Crippen molar-refractivity contribution in [2.45, 2.75) is 45.7 Å². The summed E-state index contributed by atoms with van der Waals surface area (Å²) in [7, 11) is 1.64. The maximum atomic E-state index is 14.6. The van der Waals surface area contributed by atoms with Crippen molar-refractivity contribution in [1.82, 2.24) is 15.6 Å². The Morgan fingerprint density at radius 1 is 1.05 bits per heavy atom. The van der Waals surface area contributed by atoms with Gasteiger partial charge in [0.2, 0.25) is 0 Å². The molecule has 2 heterocycles. The van der Waals surface area contributed by atoms with Crippen LogP contribution in [0.3, 0.4) is 0 Å². The average molecular weight is 505 g/mol. The first-order chi connectivity index (χ1) is 17.7. The van der Waals surface area contributed by atoms with Gasteiger partial charge in [0.1, 0.15) is 17.6 Å². The minimum absolute atomic E-state index is 0.0682. The van der Waals surface area contributed by atoms with E-state index in [1.165, 1.54) is 12.1 Å². The summed E-state index contributed by atoms with van der Waals surface area (Å²) in [5.74, 6) is -3.15. The molecule has 1 aromatic heterocycles. The number of benzene rings is 2. The highest BCUT2D eigenvalue weighted by molar-refractivity contribution is 6.04. The van der Waals surface area contributed by atoms with Crippen molar-refractivity contribution in [3.63, 3.8) is 0 Å². The Balaban J connectivity index is 1.35. The van der Waals surface area contributed by atoms with Gasteiger partial charge in [-0.05, 0) is 80.1 Å². The summed E-state index contributed by atoms with van der Waals surface area (Å²) >= 11 is 0. The largest absolute Gasteiger partial charge is 0.496 e. The molecule has 1 fully saturated rings. The van der Waals surface area contributed by atoms with E-state index in [1.807, 2.05) is 44.4 Å². The maximum absolute atomic E-state index is 14.6. The topological polar surface area (TPSA) is 75.3 Å². The number of alkyl halides is 2. The second kappa shape index (κ2) is 9.50. The van der Waals surface area contributed by atoms with Crippen molar-refractivity contribution in [2.24, 2.45) is 5.92 Å². The summed E-state index contributed by atoms with van der Waals surface area (Å²) in [5.41, 5.74) is 6.26. The zero-order chi connectivity index (χ0) is 26.3. The molecule has 5 rings (SSSR count). The Hall–Kier alpha value is -3.94. The molecule has 0 spiro atoms. The second-order valence-electron chi connectivity index (χ2n) is 9.76. The van der Waals surface area contributed by atoms with E-state index in [9.17, 15) is 13.6 Å². The third kappa shape index (κ3) is 4.75. The van der Waals surface area contributed by atoms with E-state index < -0.39 is 17.7 Å². The fourth-order valence-corrected chi connectivity index (χ4v) is 4.89. The van der Waals surface area contributed by atoms with E-state index in [2.05, 4.69) is 20.9 Å². The lowest BCUT2D eigenvalue weighted by Crippen LogP contribution is -2.27. The van der Waals surface area contributed by atoms with E-state index in [-0.39, 0.29) is 11.7 Å². The summed E-state index contributed by atoms with van der Waals surface area (Å²) in [6.07, 6.45) is 4.35. The normalized spacial score (nSPS) is 17.3. The quantitative estimate of drug-likeness (QED) is 0.372. The first-order valence-corrected chi connectivity index (χ1v) is 12.3. The number of rotatable bonds is 7. The lowest BCUT2D eigenvalue weighted by molar-refractivity contribution is -0.113. The molecule has 1 aliphatic heterocycles. The van der Waals surface area contributed by atoms with Gasteiger partial charge >= 0.3 is 0 Å². The molecule has 8 heteroatoms. The van der Waals surface area contributed by atoms with Crippen LogP contribution in [0.1, 0.15) is 48.2 Å². The van der Waals surface area contributed by atoms with E-state index >= 15 is 0 Å². The Kier molecular flexibility index (Phi) is 6.35. The van der Waals surface area contributed by atoms with Crippen LogP contribution in [0.4, 0.5) is 14.5 Å². The summed E-state index contributed by atoms with van der Waals surface area (Å²) < 4.78 is 34.8. The van der Waals surface area contributed by atoms with E-state index in [1.54, 1.807) is 26.2 Å². The highest BCUT2D eigenvalue weighted by atomic mass is 19.3. The molecule has 37 heavy (non-hydrogen) atoms. The highest BCUT2D eigenvalue weighted by Crippen LogP contribution is 2.50. The highest BCUT2D eigenvalue weighted by Gasteiger charge is 2.48. The van der Waals surface area contributed by atoms with Crippen LogP contribution in [0.2, 0.25) is 0 Å². The number of aromatic nitrogens is 1. The van der Waals surface area contributed by atoms with E-state index in [4.69, 9.17) is 4.74 Å². The number of carbonyl (C=O) groups is 1. The van der Waals surface area contributed by atoms with Gasteiger partial charge in [-0.2, -0.15) is 0 Å². The standard InChI is InChI=1S/C29H30F2N4O2/c1-16-14-32-15-17(2)25(16)23-12-19(8-11-24(23)37-4)27-33-18(3)26(35-27)28(36)34-22-7-5-6-21(13-22)29(30,31)20-9-10-20/h5-8,11-15,20,27,33,35H,9-10H2,1-4H3,(H,34,36). The third-order valence-corrected chi connectivity index (χ3v) is 7.00. The molecule has 2 aliphatic rings. The van der Waals surface area contributed by atoms with Crippen molar-refractivity contribution in [1.29, 1.82) is 0 Å². The molecule has 2 aromatic carbocycles. The number of nitrogens with zero attached hydrogens (tertiary/aromatic N) is 1. The van der Waals surface area contributed by atoms with Crippen molar-refractivity contribution in [2.75, 3.05) is 12.4 Å². The molecule has 3 aromatic rings. The van der Waals surface area contributed by atoms with Crippen LogP contribution in [-0.4, -0.2) is 18.0 Å². The number of hydrogen-bond acceptors (Lipinski definition) is 5. The van der Waals surface area contributed by atoms with Gasteiger partial charge in [0.15, 0.2) is 0 Å². The van der Waals surface area contributed by atoms with E-state index in [0.29, 0.717) is 29.9 Å². The van der Waals surface area contributed by atoms with Gasteiger partial charge in [-0.3, -0.25) is 9.78 Å². The van der Waals surface area contributed by atoms with Gasteiger partial charge < -0.3 is 20.7 Å². The number of amides is 1. The predicted molar refractivity (Wildman–Crippen MR) is 139 cm³/mol. The number of aryl methyl sites for hydroxylation is 2. The fourth-order valence-electron chi connectivity index (χ4n) is 4.89. The van der Waals surface area contributed by atoms with Gasteiger partial charge in [-0.1, -0.05) is 18.2 Å². The van der Waals surface area contributed by atoms with Crippen LogP contribution < -0.4 is 20.7 Å². The summed E-state index contributed by atoms with van der Waals surface area (Å²) in [6, 6.07) is 11.8. The number of carbonyl (C=O) groups excluding carboxylic acids is 1. The smallest absolute Gasteiger partial charge is 0.276 e. The number of halogens is 2. The van der Waals surface area contributed by atoms with Crippen LogP contribution in [0.25, 0.3) is 11.1 Å². The summed E-state index contributed by atoms with van der Waals surface area (Å²) in [6.45, 7) is 5.83. The number of hydrogen-bond donors (Lipinski definition) is 3. The lowest BCUT2D eigenvalue weighted by atomic mass is 9.95. The minimum Gasteiger partial charge on any atom is -0.496 e. The van der Waals surface area contributed by atoms with Gasteiger partial charge in [0.25, 0.3) is 11.8 Å². The second-order valence-corrected chi connectivity index (χ2v) is 9.76. The van der Waals surface area contributed by atoms with Gasteiger partial charge in [0, 0.05) is 40.8 Å². The van der Waals surface area contributed by atoms with Gasteiger partial charge in [-0.15, -0.1) is 0 Å². The van der Waals surface area contributed by atoms with Crippen LogP contribution in [-0.2, 0) is 10.7 Å². The molecule has 6 nitrogen and oxygen atoms in total. The molecule has 3 N–H and O–H groups in total. The number of ether oxygens (including phenoxy) is 1.